The third-order valence-corrected chi connectivity index (χ3v) is 5.43. The van der Waals surface area contributed by atoms with Crippen LogP contribution in [0.2, 0.25) is 0 Å². The van der Waals surface area contributed by atoms with Crippen molar-refractivity contribution in [2.24, 2.45) is 0 Å². The fourth-order valence-corrected chi connectivity index (χ4v) is 3.65. The molecule has 0 bridgehead atoms. The lowest BCUT2D eigenvalue weighted by Crippen LogP contribution is -2.32. The summed E-state index contributed by atoms with van der Waals surface area (Å²) in [6, 6.07) is 12.7. The molecule has 1 aliphatic carbocycles. The van der Waals surface area contributed by atoms with Crippen LogP contribution in [-0.2, 0) is 17.6 Å². The number of carbonyl (C=O) groups is 1. The van der Waals surface area contributed by atoms with Crippen molar-refractivity contribution in [1.29, 1.82) is 0 Å². The molecule has 2 aromatic carbocycles. The van der Waals surface area contributed by atoms with E-state index in [1.165, 1.54) is 41.5 Å². The van der Waals surface area contributed by atoms with Gasteiger partial charge in [0.2, 0.25) is 0 Å². The molecule has 1 N–H and O–H groups in total. The van der Waals surface area contributed by atoms with Gasteiger partial charge in [-0.05, 0) is 79.8 Å². The average molecular weight is 351 g/mol. The van der Waals surface area contributed by atoms with Crippen molar-refractivity contribution < 1.29 is 9.53 Å². The Morgan fingerprint density at radius 2 is 1.88 bits per heavy atom. The van der Waals surface area contributed by atoms with Gasteiger partial charge in [-0.25, -0.2) is 0 Å². The molecule has 0 heterocycles. The van der Waals surface area contributed by atoms with Crippen LogP contribution in [0.3, 0.4) is 0 Å². The minimum atomic E-state index is -0.0736. The van der Waals surface area contributed by atoms with Gasteiger partial charge in [0.15, 0.2) is 6.61 Å². The van der Waals surface area contributed by atoms with Crippen LogP contribution in [0, 0.1) is 13.8 Å². The first-order valence-corrected chi connectivity index (χ1v) is 9.68. The van der Waals surface area contributed by atoms with Gasteiger partial charge in [0.05, 0.1) is 6.04 Å². The fourth-order valence-electron chi connectivity index (χ4n) is 3.65. The van der Waals surface area contributed by atoms with Crippen LogP contribution < -0.4 is 10.1 Å². The zero-order valence-electron chi connectivity index (χ0n) is 16.1. The van der Waals surface area contributed by atoms with E-state index in [9.17, 15) is 4.79 Å². The molecule has 138 valence electrons. The molecule has 3 nitrogen and oxygen atoms in total. The van der Waals surface area contributed by atoms with Gasteiger partial charge in [-0.3, -0.25) is 4.79 Å². The number of carbonyl (C=O) groups excluding carboxylic acids is 1. The maximum Gasteiger partial charge on any atom is 0.258 e. The number of aryl methyl sites for hydroxylation is 3. The van der Waals surface area contributed by atoms with Crippen molar-refractivity contribution in [3.05, 3.63) is 64.2 Å². The molecule has 0 aliphatic heterocycles. The van der Waals surface area contributed by atoms with Gasteiger partial charge in [0.1, 0.15) is 5.75 Å². The van der Waals surface area contributed by atoms with Crippen LogP contribution in [0.25, 0.3) is 0 Å². The molecular formula is C23H29NO2. The zero-order valence-corrected chi connectivity index (χ0v) is 16.1. The lowest BCUT2D eigenvalue weighted by atomic mass is 9.89. The van der Waals surface area contributed by atoms with Gasteiger partial charge in [-0.15, -0.1) is 0 Å². The summed E-state index contributed by atoms with van der Waals surface area (Å²) in [5, 5.41) is 3.13. The third-order valence-electron chi connectivity index (χ3n) is 5.43. The second-order valence-corrected chi connectivity index (χ2v) is 7.25. The number of hydrogen-bond acceptors (Lipinski definition) is 2. The topological polar surface area (TPSA) is 38.3 Å². The molecule has 0 fully saturated rings. The molecule has 0 saturated heterocycles. The monoisotopic (exact) mass is 351 g/mol. The predicted molar refractivity (Wildman–Crippen MR) is 106 cm³/mol. The lowest BCUT2D eigenvalue weighted by molar-refractivity contribution is -0.123. The standard InChI is InChI=1S/C23H29NO2/c1-4-21(20-13-12-18-9-5-6-10-19(18)14-20)24-23(25)15-26-22-11-7-8-16(2)17(22)3/h7-8,11-14,21H,4-6,9-10,15H2,1-3H3,(H,24,25). The summed E-state index contributed by atoms with van der Waals surface area (Å²) in [5.74, 6) is 0.706. The number of benzene rings is 2. The molecule has 0 aromatic heterocycles. The number of nitrogens with one attached hydrogen (secondary N) is 1. The third kappa shape index (κ3) is 4.27. The molecular weight excluding hydrogens is 322 g/mol. The smallest absolute Gasteiger partial charge is 0.258 e. The molecule has 3 heteroatoms. The van der Waals surface area contributed by atoms with Gasteiger partial charge in [0.25, 0.3) is 5.91 Å². The van der Waals surface area contributed by atoms with E-state index >= 15 is 0 Å². The maximum atomic E-state index is 12.4. The number of rotatable bonds is 6. The highest BCUT2D eigenvalue weighted by atomic mass is 16.5. The summed E-state index contributed by atoms with van der Waals surface area (Å²) in [4.78, 5) is 12.4. The molecule has 1 aliphatic rings. The van der Waals surface area contributed by atoms with Crippen LogP contribution in [0.15, 0.2) is 36.4 Å². The number of hydrogen-bond donors (Lipinski definition) is 1. The van der Waals surface area contributed by atoms with E-state index in [1.54, 1.807) is 0 Å². The fraction of sp³-hybridized carbons (Fsp3) is 0.435. The maximum absolute atomic E-state index is 12.4. The summed E-state index contributed by atoms with van der Waals surface area (Å²) in [5.41, 5.74) is 6.38. The Hall–Kier alpha value is -2.29. The quantitative estimate of drug-likeness (QED) is 0.809. The zero-order chi connectivity index (χ0) is 18.5. The molecule has 1 unspecified atom stereocenters. The van der Waals surface area contributed by atoms with Crippen LogP contribution in [0.1, 0.15) is 60.0 Å². The van der Waals surface area contributed by atoms with E-state index in [0.717, 1.165) is 24.2 Å². The second kappa shape index (κ2) is 8.39. The van der Waals surface area contributed by atoms with Crippen molar-refractivity contribution in [2.75, 3.05) is 6.61 Å². The Morgan fingerprint density at radius 1 is 1.12 bits per heavy atom. The highest BCUT2D eigenvalue weighted by Gasteiger charge is 2.16. The van der Waals surface area contributed by atoms with E-state index < -0.39 is 0 Å². The first kappa shape index (κ1) is 18.5. The number of amides is 1. The molecule has 2 aromatic rings. The Labute approximate surface area is 156 Å². The summed E-state index contributed by atoms with van der Waals surface area (Å²) in [6.07, 6.45) is 5.76. The Balaban J connectivity index is 1.62. The first-order valence-electron chi connectivity index (χ1n) is 9.68. The Kier molecular flexibility index (Phi) is 5.97. The van der Waals surface area contributed by atoms with Gasteiger partial charge >= 0.3 is 0 Å². The van der Waals surface area contributed by atoms with Crippen molar-refractivity contribution in [1.82, 2.24) is 5.32 Å². The normalized spacial score (nSPS) is 14.4. The predicted octanol–water partition coefficient (Wildman–Crippen LogP) is 4.83. The number of ether oxygens (including phenoxy) is 1. The molecule has 3 rings (SSSR count). The molecule has 0 spiro atoms. The molecule has 1 amide bonds. The molecule has 0 radical (unpaired) electrons. The minimum Gasteiger partial charge on any atom is -0.483 e. The molecule has 0 saturated carbocycles. The van der Waals surface area contributed by atoms with E-state index in [-0.39, 0.29) is 18.6 Å². The van der Waals surface area contributed by atoms with Crippen LogP contribution in [0.4, 0.5) is 0 Å². The van der Waals surface area contributed by atoms with Crippen LogP contribution in [-0.4, -0.2) is 12.5 Å². The molecule has 1 atom stereocenters. The molecule has 26 heavy (non-hydrogen) atoms. The van der Waals surface area contributed by atoms with Crippen LogP contribution >= 0.6 is 0 Å². The van der Waals surface area contributed by atoms with Crippen LogP contribution in [0.5, 0.6) is 5.75 Å². The average Bonchev–Trinajstić information content (AvgIpc) is 2.67. The van der Waals surface area contributed by atoms with E-state index in [1.807, 2.05) is 32.0 Å². The second-order valence-electron chi connectivity index (χ2n) is 7.25. The number of fused-ring (bicyclic) bond motifs is 1. The Morgan fingerprint density at radius 3 is 2.65 bits per heavy atom. The summed E-state index contributed by atoms with van der Waals surface area (Å²) >= 11 is 0. The van der Waals surface area contributed by atoms with Crippen molar-refractivity contribution >= 4 is 5.91 Å². The Bertz CT molecular complexity index is 782. The van der Waals surface area contributed by atoms with E-state index in [4.69, 9.17) is 4.74 Å². The first-order chi connectivity index (χ1) is 12.6. The largest absolute Gasteiger partial charge is 0.483 e. The van der Waals surface area contributed by atoms with Crippen molar-refractivity contribution in [3.63, 3.8) is 0 Å². The van der Waals surface area contributed by atoms with Crippen molar-refractivity contribution in [2.45, 2.75) is 58.9 Å². The van der Waals surface area contributed by atoms with E-state index in [0.29, 0.717) is 0 Å². The summed E-state index contributed by atoms with van der Waals surface area (Å²) < 4.78 is 5.74. The van der Waals surface area contributed by atoms with Gasteiger partial charge in [-0.2, -0.15) is 0 Å². The summed E-state index contributed by atoms with van der Waals surface area (Å²) in [6.45, 7) is 6.22. The van der Waals surface area contributed by atoms with Crippen molar-refractivity contribution in [3.8, 4) is 5.75 Å². The van der Waals surface area contributed by atoms with Gasteiger partial charge in [0, 0.05) is 0 Å². The van der Waals surface area contributed by atoms with Gasteiger partial charge in [-0.1, -0.05) is 37.3 Å². The van der Waals surface area contributed by atoms with Gasteiger partial charge < -0.3 is 10.1 Å². The van der Waals surface area contributed by atoms with E-state index in [2.05, 4.69) is 30.4 Å². The SMILES string of the molecule is CCC(NC(=O)COc1cccc(C)c1C)c1ccc2c(c1)CCCC2. The highest BCUT2D eigenvalue weighted by Crippen LogP contribution is 2.26. The minimum absolute atomic E-state index is 0.0388. The highest BCUT2D eigenvalue weighted by molar-refractivity contribution is 5.78. The summed E-state index contributed by atoms with van der Waals surface area (Å²) in [7, 11) is 0. The lowest BCUT2D eigenvalue weighted by Gasteiger charge is -2.22.